The summed E-state index contributed by atoms with van der Waals surface area (Å²) < 4.78 is 5.84. The second kappa shape index (κ2) is 6.53. The largest absolute Gasteiger partial charge is 0.497 e. The van der Waals surface area contributed by atoms with Crippen LogP contribution in [0, 0.1) is 0 Å². The molecular formula is C12H13N3O2S2. The first-order valence-corrected chi connectivity index (χ1v) is 7.34. The van der Waals surface area contributed by atoms with Crippen molar-refractivity contribution in [3.8, 4) is 5.75 Å². The van der Waals surface area contributed by atoms with Gasteiger partial charge in [-0.2, -0.15) is 0 Å². The first kappa shape index (κ1) is 13.8. The molecule has 100 valence electrons. The molecule has 0 amide bonds. The lowest BCUT2D eigenvalue weighted by Crippen LogP contribution is -2.02. The molecule has 0 fully saturated rings. The smallest absolute Gasteiger partial charge is 0.206 e. The predicted molar refractivity (Wildman–Crippen MR) is 77.5 cm³/mol. The van der Waals surface area contributed by atoms with E-state index in [4.69, 9.17) is 4.74 Å². The Labute approximate surface area is 119 Å². The molecule has 0 bridgehead atoms. The molecule has 0 spiro atoms. The van der Waals surface area contributed by atoms with E-state index in [9.17, 15) is 4.79 Å². The summed E-state index contributed by atoms with van der Waals surface area (Å²) in [5.41, 5.74) is 0.673. The molecule has 0 saturated heterocycles. The summed E-state index contributed by atoms with van der Waals surface area (Å²) in [6, 6.07) is 7.09. The molecule has 1 aromatic heterocycles. The van der Waals surface area contributed by atoms with Gasteiger partial charge < -0.3 is 10.1 Å². The van der Waals surface area contributed by atoms with Crippen LogP contribution in [0.2, 0.25) is 0 Å². The highest BCUT2D eigenvalue weighted by molar-refractivity contribution is 8.01. The third-order valence-electron chi connectivity index (χ3n) is 2.36. The van der Waals surface area contributed by atoms with Crippen molar-refractivity contribution in [2.24, 2.45) is 0 Å². The number of Topliss-reactive ketones (excluding diaryl/α,β-unsaturated/α-hetero) is 1. The van der Waals surface area contributed by atoms with Crippen LogP contribution >= 0.6 is 23.1 Å². The number of ketones is 1. The number of carbonyl (C=O) groups excluding carboxylic acids is 1. The molecule has 1 aromatic carbocycles. The normalized spacial score (nSPS) is 10.2. The molecule has 7 heteroatoms. The highest BCUT2D eigenvalue weighted by atomic mass is 32.2. The lowest BCUT2D eigenvalue weighted by Gasteiger charge is -2.01. The van der Waals surface area contributed by atoms with Crippen molar-refractivity contribution >= 4 is 34.0 Å². The number of nitrogens with zero attached hydrogens (tertiary/aromatic N) is 2. The van der Waals surface area contributed by atoms with Crippen LogP contribution in [0.1, 0.15) is 10.4 Å². The monoisotopic (exact) mass is 295 g/mol. The van der Waals surface area contributed by atoms with Gasteiger partial charge in [0.1, 0.15) is 5.75 Å². The number of rotatable bonds is 6. The van der Waals surface area contributed by atoms with Crippen molar-refractivity contribution in [1.29, 1.82) is 0 Å². The lowest BCUT2D eigenvalue weighted by molar-refractivity contribution is 0.102. The van der Waals surface area contributed by atoms with Gasteiger partial charge in [-0.15, -0.1) is 10.2 Å². The number of carbonyl (C=O) groups is 1. The van der Waals surface area contributed by atoms with Gasteiger partial charge in [0, 0.05) is 12.6 Å². The van der Waals surface area contributed by atoms with Crippen molar-refractivity contribution in [2.75, 3.05) is 25.2 Å². The van der Waals surface area contributed by atoms with Gasteiger partial charge in [0.05, 0.1) is 12.9 Å². The number of aromatic nitrogens is 2. The van der Waals surface area contributed by atoms with Crippen molar-refractivity contribution in [3.05, 3.63) is 29.8 Å². The van der Waals surface area contributed by atoms with E-state index >= 15 is 0 Å². The molecule has 5 nitrogen and oxygen atoms in total. The van der Waals surface area contributed by atoms with E-state index in [2.05, 4.69) is 15.5 Å². The Bertz CT molecular complexity index is 554. The Morgan fingerprint density at radius 3 is 2.68 bits per heavy atom. The Morgan fingerprint density at radius 2 is 2.11 bits per heavy atom. The molecule has 2 aromatic rings. The first-order chi connectivity index (χ1) is 9.22. The third-order valence-corrected chi connectivity index (χ3v) is 4.43. The number of anilines is 1. The zero-order chi connectivity index (χ0) is 13.7. The van der Waals surface area contributed by atoms with Gasteiger partial charge in [-0.05, 0) is 24.3 Å². The average Bonchev–Trinajstić information content (AvgIpc) is 2.93. The zero-order valence-electron chi connectivity index (χ0n) is 10.5. The molecule has 19 heavy (non-hydrogen) atoms. The van der Waals surface area contributed by atoms with Crippen molar-refractivity contribution < 1.29 is 9.53 Å². The average molecular weight is 295 g/mol. The van der Waals surface area contributed by atoms with Crippen LogP contribution in [-0.2, 0) is 0 Å². The Kier molecular flexibility index (Phi) is 4.75. The number of hydrogen-bond acceptors (Lipinski definition) is 7. The van der Waals surface area contributed by atoms with Crippen LogP contribution in [0.15, 0.2) is 28.6 Å². The quantitative estimate of drug-likeness (QED) is 0.653. The maximum absolute atomic E-state index is 12.0. The summed E-state index contributed by atoms with van der Waals surface area (Å²) in [7, 11) is 3.39. The summed E-state index contributed by atoms with van der Waals surface area (Å²) in [5.74, 6) is 1.16. The molecule has 0 atom stereocenters. The summed E-state index contributed by atoms with van der Waals surface area (Å²) in [6.07, 6.45) is 0. The summed E-state index contributed by atoms with van der Waals surface area (Å²) >= 11 is 2.83. The molecule has 1 heterocycles. The highest BCUT2D eigenvalue weighted by Crippen LogP contribution is 2.25. The van der Waals surface area contributed by atoms with Crippen LogP contribution in [0.3, 0.4) is 0 Å². The Hall–Kier alpha value is -1.60. The van der Waals surface area contributed by atoms with Gasteiger partial charge in [0.25, 0.3) is 0 Å². The minimum Gasteiger partial charge on any atom is -0.497 e. The van der Waals surface area contributed by atoms with Gasteiger partial charge in [-0.25, -0.2) is 0 Å². The number of methoxy groups -OCH3 is 1. The summed E-state index contributed by atoms with van der Waals surface area (Å²) in [5, 5.41) is 11.6. The Morgan fingerprint density at radius 1 is 1.37 bits per heavy atom. The first-order valence-electron chi connectivity index (χ1n) is 5.54. The molecule has 0 saturated carbocycles. The highest BCUT2D eigenvalue weighted by Gasteiger charge is 2.09. The predicted octanol–water partition coefficient (Wildman–Crippen LogP) is 2.56. The van der Waals surface area contributed by atoms with E-state index in [1.807, 2.05) is 0 Å². The van der Waals surface area contributed by atoms with Crippen LogP contribution in [-0.4, -0.2) is 35.9 Å². The number of thioether (sulfide) groups is 1. The molecule has 0 aliphatic rings. The van der Waals surface area contributed by atoms with E-state index in [0.717, 1.165) is 15.2 Å². The van der Waals surface area contributed by atoms with Crippen LogP contribution in [0.4, 0.5) is 5.13 Å². The van der Waals surface area contributed by atoms with Crippen LogP contribution < -0.4 is 10.1 Å². The van der Waals surface area contributed by atoms with Crippen molar-refractivity contribution in [2.45, 2.75) is 4.34 Å². The summed E-state index contributed by atoms with van der Waals surface area (Å²) in [6.45, 7) is 0. The van der Waals surface area contributed by atoms with Gasteiger partial charge in [0.15, 0.2) is 10.1 Å². The van der Waals surface area contributed by atoms with E-state index in [-0.39, 0.29) is 5.78 Å². The number of hydrogen-bond donors (Lipinski definition) is 1. The molecule has 2 rings (SSSR count). The number of ether oxygens (including phenoxy) is 1. The van der Waals surface area contributed by atoms with Crippen LogP contribution in [0.5, 0.6) is 5.75 Å². The molecule has 0 unspecified atom stereocenters. The second-order valence-electron chi connectivity index (χ2n) is 3.56. The third kappa shape index (κ3) is 3.68. The molecule has 0 radical (unpaired) electrons. The molecule has 1 N–H and O–H groups in total. The van der Waals surface area contributed by atoms with Gasteiger partial charge in [0.2, 0.25) is 5.13 Å². The van der Waals surface area contributed by atoms with Crippen molar-refractivity contribution in [3.63, 3.8) is 0 Å². The van der Waals surface area contributed by atoms with E-state index in [1.54, 1.807) is 38.4 Å². The molecule has 0 aliphatic heterocycles. The van der Waals surface area contributed by atoms with Gasteiger partial charge in [-0.3, -0.25) is 4.79 Å². The maximum Gasteiger partial charge on any atom is 0.206 e. The van der Waals surface area contributed by atoms with Gasteiger partial charge in [-0.1, -0.05) is 23.1 Å². The second-order valence-corrected chi connectivity index (χ2v) is 5.76. The van der Waals surface area contributed by atoms with Crippen LogP contribution in [0.25, 0.3) is 0 Å². The summed E-state index contributed by atoms with van der Waals surface area (Å²) in [4.78, 5) is 12.0. The zero-order valence-corrected chi connectivity index (χ0v) is 12.2. The van der Waals surface area contributed by atoms with Crippen molar-refractivity contribution in [1.82, 2.24) is 10.2 Å². The van der Waals surface area contributed by atoms with Gasteiger partial charge >= 0.3 is 0 Å². The maximum atomic E-state index is 12.0. The minimum atomic E-state index is 0.0638. The van der Waals surface area contributed by atoms with E-state index in [0.29, 0.717) is 11.3 Å². The van der Waals surface area contributed by atoms with E-state index in [1.165, 1.54) is 23.1 Å². The standard InChI is InChI=1S/C12H13N3O2S2/c1-13-11-14-15-12(19-11)18-7-10(16)8-3-5-9(17-2)6-4-8/h3-6H,7H2,1-2H3,(H,13,14). The van der Waals surface area contributed by atoms with E-state index < -0.39 is 0 Å². The molecular weight excluding hydrogens is 282 g/mol. The fourth-order valence-electron chi connectivity index (χ4n) is 1.36. The number of benzene rings is 1. The lowest BCUT2D eigenvalue weighted by atomic mass is 10.1. The molecule has 0 aliphatic carbocycles. The minimum absolute atomic E-state index is 0.0638. The topological polar surface area (TPSA) is 64.1 Å². The fourth-order valence-corrected chi connectivity index (χ4v) is 2.96. The fraction of sp³-hybridized carbons (Fsp3) is 0.250. The Balaban J connectivity index is 1.93. The SMILES string of the molecule is CNc1nnc(SCC(=O)c2ccc(OC)cc2)s1. The number of nitrogens with one attached hydrogen (secondary N) is 1.